The standard InChI is InChI=1S/C17H29N3O.HI/c1-5-18-17(19-11-8-12-21-14(2)3)20-13-16-10-7-6-9-15(16)4;/h6-7,9-10,14H,5,8,11-13H2,1-4H3,(H2,18,19,20);1H. The summed E-state index contributed by atoms with van der Waals surface area (Å²) in [5.41, 5.74) is 2.54. The van der Waals surface area contributed by atoms with Gasteiger partial charge in [-0.05, 0) is 45.2 Å². The van der Waals surface area contributed by atoms with Gasteiger partial charge in [0.05, 0.1) is 12.6 Å². The van der Waals surface area contributed by atoms with Crippen molar-refractivity contribution in [1.29, 1.82) is 0 Å². The summed E-state index contributed by atoms with van der Waals surface area (Å²) in [6.07, 6.45) is 1.28. The Labute approximate surface area is 152 Å². The van der Waals surface area contributed by atoms with Gasteiger partial charge in [0, 0.05) is 19.7 Å². The highest BCUT2D eigenvalue weighted by atomic mass is 127. The summed E-state index contributed by atoms with van der Waals surface area (Å²) >= 11 is 0. The molecule has 0 radical (unpaired) electrons. The fourth-order valence-corrected chi connectivity index (χ4v) is 1.89. The second kappa shape index (κ2) is 12.7. The molecule has 22 heavy (non-hydrogen) atoms. The van der Waals surface area contributed by atoms with E-state index in [4.69, 9.17) is 4.74 Å². The van der Waals surface area contributed by atoms with Crippen molar-refractivity contribution in [2.75, 3.05) is 19.7 Å². The molecule has 0 amide bonds. The normalized spacial score (nSPS) is 11.2. The molecule has 0 fully saturated rings. The molecule has 2 N–H and O–H groups in total. The van der Waals surface area contributed by atoms with Crippen LogP contribution in [0.4, 0.5) is 0 Å². The molecule has 0 saturated carbocycles. The van der Waals surface area contributed by atoms with Crippen LogP contribution in [0.5, 0.6) is 0 Å². The summed E-state index contributed by atoms with van der Waals surface area (Å²) in [5, 5.41) is 6.61. The van der Waals surface area contributed by atoms with E-state index >= 15 is 0 Å². The summed E-state index contributed by atoms with van der Waals surface area (Å²) < 4.78 is 5.53. The Morgan fingerprint density at radius 1 is 1.23 bits per heavy atom. The Balaban J connectivity index is 0.00000441. The van der Waals surface area contributed by atoms with Gasteiger partial charge in [-0.3, -0.25) is 0 Å². The fourth-order valence-electron chi connectivity index (χ4n) is 1.89. The first-order valence-corrected chi connectivity index (χ1v) is 7.81. The van der Waals surface area contributed by atoms with E-state index in [2.05, 4.69) is 67.6 Å². The van der Waals surface area contributed by atoms with E-state index < -0.39 is 0 Å². The molecule has 0 aliphatic rings. The first-order chi connectivity index (χ1) is 10.1. The summed E-state index contributed by atoms with van der Waals surface area (Å²) in [4.78, 5) is 4.63. The molecule has 0 aliphatic carbocycles. The predicted molar refractivity (Wildman–Crippen MR) is 105 cm³/mol. The number of aliphatic imine (C=N–C) groups is 1. The van der Waals surface area contributed by atoms with Gasteiger partial charge in [-0.1, -0.05) is 24.3 Å². The van der Waals surface area contributed by atoms with Crippen LogP contribution in [0.3, 0.4) is 0 Å². The van der Waals surface area contributed by atoms with Crippen molar-refractivity contribution in [3.05, 3.63) is 35.4 Å². The Morgan fingerprint density at radius 3 is 2.59 bits per heavy atom. The summed E-state index contributed by atoms with van der Waals surface area (Å²) in [6, 6.07) is 8.36. The molecule has 5 heteroatoms. The van der Waals surface area contributed by atoms with Gasteiger partial charge in [0.1, 0.15) is 0 Å². The number of nitrogens with zero attached hydrogens (tertiary/aromatic N) is 1. The maximum atomic E-state index is 5.53. The second-order valence-electron chi connectivity index (χ2n) is 5.32. The van der Waals surface area contributed by atoms with Gasteiger partial charge in [-0.15, -0.1) is 24.0 Å². The zero-order valence-corrected chi connectivity index (χ0v) is 16.5. The van der Waals surface area contributed by atoms with Crippen LogP contribution in [0.25, 0.3) is 0 Å². The van der Waals surface area contributed by atoms with Gasteiger partial charge in [-0.2, -0.15) is 0 Å². The van der Waals surface area contributed by atoms with E-state index in [1.54, 1.807) is 0 Å². The number of hydrogen-bond donors (Lipinski definition) is 2. The first-order valence-electron chi connectivity index (χ1n) is 7.81. The molecule has 0 aromatic heterocycles. The van der Waals surface area contributed by atoms with E-state index in [9.17, 15) is 0 Å². The largest absolute Gasteiger partial charge is 0.379 e. The van der Waals surface area contributed by atoms with Crippen molar-refractivity contribution in [2.45, 2.75) is 46.8 Å². The molecule has 1 rings (SSSR count). The summed E-state index contributed by atoms with van der Waals surface area (Å²) in [6.45, 7) is 11.5. The van der Waals surface area contributed by atoms with Crippen LogP contribution in [-0.2, 0) is 11.3 Å². The highest BCUT2D eigenvalue weighted by Crippen LogP contribution is 2.07. The van der Waals surface area contributed by atoms with Crippen LogP contribution in [-0.4, -0.2) is 31.8 Å². The van der Waals surface area contributed by atoms with Crippen molar-refractivity contribution in [3.63, 3.8) is 0 Å². The Kier molecular flexibility index (Phi) is 12.2. The van der Waals surface area contributed by atoms with Crippen LogP contribution < -0.4 is 10.6 Å². The number of nitrogens with one attached hydrogen (secondary N) is 2. The van der Waals surface area contributed by atoms with E-state index in [1.165, 1.54) is 11.1 Å². The second-order valence-corrected chi connectivity index (χ2v) is 5.32. The fraction of sp³-hybridized carbons (Fsp3) is 0.588. The highest BCUT2D eigenvalue weighted by molar-refractivity contribution is 14.0. The Bertz CT molecular complexity index is 436. The molecule has 0 saturated heterocycles. The average Bonchev–Trinajstić information content (AvgIpc) is 2.45. The molecule has 0 atom stereocenters. The average molecular weight is 419 g/mol. The monoisotopic (exact) mass is 419 g/mol. The topological polar surface area (TPSA) is 45.7 Å². The van der Waals surface area contributed by atoms with Gasteiger partial charge in [-0.25, -0.2) is 4.99 Å². The number of rotatable bonds is 8. The number of halogens is 1. The number of hydrogen-bond acceptors (Lipinski definition) is 2. The number of aryl methyl sites for hydroxylation is 1. The lowest BCUT2D eigenvalue weighted by atomic mass is 10.1. The maximum Gasteiger partial charge on any atom is 0.191 e. The molecule has 0 unspecified atom stereocenters. The van der Waals surface area contributed by atoms with Crippen molar-refractivity contribution in [1.82, 2.24) is 10.6 Å². The van der Waals surface area contributed by atoms with Gasteiger partial charge in [0.15, 0.2) is 5.96 Å². The first kappa shape index (κ1) is 21.2. The molecule has 1 aromatic carbocycles. The lowest BCUT2D eigenvalue weighted by Crippen LogP contribution is -2.38. The highest BCUT2D eigenvalue weighted by Gasteiger charge is 1.99. The minimum atomic E-state index is 0. The Morgan fingerprint density at radius 2 is 1.95 bits per heavy atom. The smallest absolute Gasteiger partial charge is 0.191 e. The molecule has 0 bridgehead atoms. The minimum Gasteiger partial charge on any atom is -0.379 e. The third-order valence-corrected chi connectivity index (χ3v) is 3.08. The lowest BCUT2D eigenvalue weighted by Gasteiger charge is -2.12. The zero-order chi connectivity index (χ0) is 15.5. The minimum absolute atomic E-state index is 0. The van der Waals surface area contributed by atoms with Crippen molar-refractivity contribution < 1.29 is 4.74 Å². The van der Waals surface area contributed by atoms with Crippen molar-refractivity contribution in [3.8, 4) is 0 Å². The molecule has 0 heterocycles. The van der Waals surface area contributed by atoms with E-state index in [1.807, 2.05) is 0 Å². The molecular formula is C17H30IN3O. The molecule has 126 valence electrons. The maximum absolute atomic E-state index is 5.53. The molecule has 4 nitrogen and oxygen atoms in total. The van der Waals surface area contributed by atoms with E-state index in [0.29, 0.717) is 12.6 Å². The quantitative estimate of drug-likeness (QED) is 0.294. The van der Waals surface area contributed by atoms with Gasteiger partial charge in [0.2, 0.25) is 0 Å². The number of guanidine groups is 1. The molecule has 1 aromatic rings. The predicted octanol–water partition coefficient (Wildman–Crippen LogP) is 3.48. The molecular weight excluding hydrogens is 389 g/mol. The van der Waals surface area contributed by atoms with Crippen molar-refractivity contribution >= 4 is 29.9 Å². The third kappa shape index (κ3) is 9.25. The molecule has 0 spiro atoms. The number of ether oxygens (including phenoxy) is 1. The summed E-state index contributed by atoms with van der Waals surface area (Å²) in [5.74, 6) is 0.866. The van der Waals surface area contributed by atoms with Gasteiger partial charge < -0.3 is 15.4 Å². The Hall–Kier alpha value is -0.820. The number of benzene rings is 1. The summed E-state index contributed by atoms with van der Waals surface area (Å²) in [7, 11) is 0. The van der Waals surface area contributed by atoms with Crippen molar-refractivity contribution in [2.24, 2.45) is 4.99 Å². The van der Waals surface area contributed by atoms with Crippen LogP contribution in [0.2, 0.25) is 0 Å². The molecule has 0 aliphatic heterocycles. The van der Waals surface area contributed by atoms with Crippen LogP contribution in [0.15, 0.2) is 29.3 Å². The lowest BCUT2D eigenvalue weighted by molar-refractivity contribution is 0.0776. The zero-order valence-electron chi connectivity index (χ0n) is 14.2. The van der Waals surface area contributed by atoms with Crippen LogP contribution in [0, 0.1) is 6.92 Å². The van der Waals surface area contributed by atoms with Crippen LogP contribution in [0.1, 0.15) is 38.3 Å². The van der Waals surface area contributed by atoms with Gasteiger partial charge in [0.25, 0.3) is 0 Å². The van der Waals surface area contributed by atoms with E-state index in [0.717, 1.165) is 32.1 Å². The third-order valence-electron chi connectivity index (χ3n) is 3.08. The van der Waals surface area contributed by atoms with E-state index in [-0.39, 0.29) is 24.0 Å². The van der Waals surface area contributed by atoms with Gasteiger partial charge >= 0.3 is 0 Å². The SMILES string of the molecule is CCNC(=NCc1ccccc1C)NCCCOC(C)C.I. The van der Waals surface area contributed by atoms with Crippen LogP contribution >= 0.6 is 24.0 Å².